The molecule has 3 nitrogen and oxygen atoms in total. The lowest BCUT2D eigenvalue weighted by Crippen LogP contribution is -2.43. The summed E-state index contributed by atoms with van der Waals surface area (Å²) in [5.74, 6) is 0. The molecule has 0 bridgehead atoms. The monoisotopic (exact) mass is 374 g/mol. The van der Waals surface area contributed by atoms with Crippen molar-refractivity contribution < 1.29 is 4.74 Å². The van der Waals surface area contributed by atoms with Crippen LogP contribution in [0.1, 0.15) is 24.0 Å². The third-order valence-corrected chi connectivity index (χ3v) is 5.03. The summed E-state index contributed by atoms with van der Waals surface area (Å²) in [6.07, 6.45) is 2.22. The molecule has 0 radical (unpaired) electrons. The van der Waals surface area contributed by atoms with Gasteiger partial charge in [-0.2, -0.15) is 0 Å². The first-order chi connectivity index (χ1) is 11.2. The minimum absolute atomic E-state index is 0.115. The molecule has 0 saturated carbocycles. The van der Waals surface area contributed by atoms with E-state index in [1.54, 1.807) is 0 Å². The summed E-state index contributed by atoms with van der Waals surface area (Å²) in [4.78, 5) is 0. The van der Waals surface area contributed by atoms with Crippen molar-refractivity contribution in [1.82, 2.24) is 5.32 Å². The van der Waals surface area contributed by atoms with Gasteiger partial charge < -0.3 is 15.8 Å². The smallest absolute Gasteiger partial charge is 0.0718 e. The van der Waals surface area contributed by atoms with Crippen LogP contribution in [0.2, 0.25) is 0 Å². The van der Waals surface area contributed by atoms with Gasteiger partial charge in [0.05, 0.1) is 13.2 Å². The molecule has 1 aliphatic rings. The quantitative estimate of drug-likeness (QED) is 0.780. The van der Waals surface area contributed by atoms with Crippen LogP contribution in [0.15, 0.2) is 53.0 Å². The molecule has 1 aliphatic heterocycles. The second-order valence-electron chi connectivity index (χ2n) is 6.28. The molecule has 1 heterocycles. The number of nitrogen functional groups attached to an aromatic ring is 1. The van der Waals surface area contributed by atoms with E-state index in [4.69, 9.17) is 10.5 Å². The van der Waals surface area contributed by atoms with Gasteiger partial charge in [0, 0.05) is 15.6 Å². The fourth-order valence-electron chi connectivity index (χ4n) is 3.34. The van der Waals surface area contributed by atoms with E-state index < -0.39 is 0 Å². The number of anilines is 1. The fraction of sp³-hybridized carbons (Fsp3) is 0.368. The van der Waals surface area contributed by atoms with Gasteiger partial charge in [-0.15, -0.1) is 0 Å². The number of halogens is 1. The minimum Gasteiger partial charge on any atom is -0.399 e. The highest BCUT2D eigenvalue weighted by Crippen LogP contribution is 2.34. The first kappa shape index (κ1) is 16.5. The Kier molecular flexibility index (Phi) is 5.36. The number of piperidine rings is 1. The summed E-state index contributed by atoms with van der Waals surface area (Å²) in [5, 5.41) is 3.45. The first-order valence-electron chi connectivity index (χ1n) is 8.07. The van der Waals surface area contributed by atoms with Gasteiger partial charge in [0.15, 0.2) is 0 Å². The molecule has 0 atom stereocenters. The third-order valence-electron chi connectivity index (χ3n) is 4.57. The van der Waals surface area contributed by atoms with Gasteiger partial charge in [0.1, 0.15) is 0 Å². The molecule has 0 unspecified atom stereocenters. The molecule has 0 aromatic heterocycles. The average Bonchev–Trinajstić information content (AvgIpc) is 2.56. The molecule has 0 spiro atoms. The number of benzene rings is 2. The van der Waals surface area contributed by atoms with Crippen molar-refractivity contribution in [3.63, 3.8) is 0 Å². The zero-order valence-corrected chi connectivity index (χ0v) is 14.8. The zero-order valence-electron chi connectivity index (χ0n) is 13.2. The van der Waals surface area contributed by atoms with Crippen molar-refractivity contribution in [3.05, 3.63) is 64.1 Å². The largest absolute Gasteiger partial charge is 0.399 e. The summed E-state index contributed by atoms with van der Waals surface area (Å²) in [6, 6.07) is 16.7. The van der Waals surface area contributed by atoms with Crippen LogP contribution in [0.5, 0.6) is 0 Å². The molecule has 3 N–H and O–H groups in total. The van der Waals surface area contributed by atoms with Crippen molar-refractivity contribution >= 4 is 21.6 Å². The summed E-state index contributed by atoms with van der Waals surface area (Å²) < 4.78 is 7.12. The Bertz CT molecular complexity index is 619. The Labute approximate surface area is 146 Å². The average molecular weight is 375 g/mol. The molecule has 0 aliphatic carbocycles. The highest BCUT2D eigenvalue weighted by atomic mass is 79.9. The second kappa shape index (κ2) is 7.47. The standard InChI is InChI=1S/C19H23BrN2O/c20-17-10-15(11-18(21)12-17)13-23-14-19(6-8-22-9-7-19)16-4-2-1-3-5-16/h1-5,10-12,22H,6-9,13-14,21H2. The maximum atomic E-state index is 6.12. The van der Waals surface area contributed by atoms with Crippen molar-refractivity contribution in [2.45, 2.75) is 24.9 Å². The summed E-state index contributed by atoms with van der Waals surface area (Å²) in [6.45, 7) is 3.42. The number of nitrogens with two attached hydrogens (primary N) is 1. The molecule has 4 heteroatoms. The molecule has 122 valence electrons. The summed E-state index contributed by atoms with van der Waals surface area (Å²) in [5.41, 5.74) is 9.26. The Morgan fingerprint density at radius 1 is 1.09 bits per heavy atom. The van der Waals surface area contributed by atoms with Crippen LogP contribution in [0.25, 0.3) is 0 Å². The molecule has 3 rings (SSSR count). The van der Waals surface area contributed by atoms with E-state index in [1.165, 1.54) is 5.56 Å². The van der Waals surface area contributed by atoms with Gasteiger partial charge >= 0.3 is 0 Å². The van der Waals surface area contributed by atoms with E-state index in [0.717, 1.165) is 48.3 Å². The Morgan fingerprint density at radius 2 is 1.83 bits per heavy atom. The second-order valence-corrected chi connectivity index (χ2v) is 7.20. The van der Waals surface area contributed by atoms with Crippen molar-refractivity contribution in [2.24, 2.45) is 0 Å². The predicted octanol–water partition coefficient (Wildman–Crippen LogP) is 3.87. The molecule has 1 fully saturated rings. The number of hydrogen-bond donors (Lipinski definition) is 2. The maximum Gasteiger partial charge on any atom is 0.0718 e. The molecule has 0 amide bonds. The topological polar surface area (TPSA) is 47.3 Å². The predicted molar refractivity (Wildman–Crippen MR) is 98.4 cm³/mol. The van der Waals surface area contributed by atoms with Gasteiger partial charge in [-0.3, -0.25) is 0 Å². The van der Waals surface area contributed by atoms with Gasteiger partial charge in [-0.25, -0.2) is 0 Å². The third kappa shape index (κ3) is 4.14. The van der Waals surface area contributed by atoms with Crippen LogP contribution in [-0.4, -0.2) is 19.7 Å². The van der Waals surface area contributed by atoms with Crippen molar-refractivity contribution in [2.75, 3.05) is 25.4 Å². The minimum atomic E-state index is 0.115. The highest BCUT2D eigenvalue weighted by molar-refractivity contribution is 9.10. The molecule has 2 aromatic carbocycles. The Hall–Kier alpha value is -1.36. The molecule has 2 aromatic rings. The zero-order chi connectivity index (χ0) is 16.1. The van der Waals surface area contributed by atoms with Crippen LogP contribution in [0.4, 0.5) is 5.69 Å². The SMILES string of the molecule is Nc1cc(Br)cc(COCC2(c3ccccc3)CCNCC2)c1. The number of rotatable bonds is 5. The van der Waals surface area contributed by atoms with Crippen LogP contribution in [0.3, 0.4) is 0 Å². The van der Waals surface area contributed by atoms with Crippen LogP contribution in [-0.2, 0) is 16.8 Å². The summed E-state index contributed by atoms with van der Waals surface area (Å²) in [7, 11) is 0. The lowest BCUT2D eigenvalue weighted by molar-refractivity contribution is 0.0565. The first-order valence-corrected chi connectivity index (χ1v) is 8.86. The van der Waals surface area contributed by atoms with E-state index >= 15 is 0 Å². The molecule has 23 heavy (non-hydrogen) atoms. The maximum absolute atomic E-state index is 6.12. The van der Waals surface area contributed by atoms with Crippen molar-refractivity contribution in [1.29, 1.82) is 0 Å². The van der Waals surface area contributed by atoms with E-state index in [-0.39, 0.29) is 5.41 Å². The van der Waals surface area contributed by atoms with Crippen molar-refractivity contribution in [3.8, 4) is 0 Å². The van der Waals surface area contributed by atoms with Gasteiger partial charge in [0.2, 0.25) is 0 Å². The Balaban J connectivity index is 1.70. The van der Waals surface area contributed by atoms with E-state index in [0.29, 0.717) is 6.61 Å². The van der Waals surface area contributed by atoms with Gasteiger partial charge in [-0.1, -0.05) is 46.3 Å². The van der Waals surface area contributed by atoms with E-state index in [1.807, 2.05) is 12.1 Å². The summed E-state index contributed by atoms with van der Waals surface area (Å²) >= 11 is 3.48. The van der Waals surface area contributed by atoms with Crippen LogP contribution >= 0.6 is 15.9 Å². The number of hydrogen-bond acceptors (Lipinski definition) is 3. The van der Waals surface area contributed by atoms with Gasteiger partial charge in [0.25, 0.3) is 0 Å². The fourth-order valence-corrected chi connectivity index (χ4v) is 3.89. The van der Waals surface area contributed by atoms with E-state index in [2.05, 4.69) is 57.6 Å². The molecular formula is C19H23BrN2O. The number of nitrogens with one attached hydrogen (secondary N) is 1. The Morgan fingerprint density at radius 3 is 2.52 bits per heavy atom. The normalized spacial score (nSPS) is 17.1. The molecule has 1 saturated heterocycles. The van der Waals surface area contributed by atoms with E-state index in [9.17, 15) is 0 Å². The lowest BCUT2D eigenvalue weighted by Gasteiger charge is -2.38. The highest BCUT2D eigenvalue weighted by Gasteiger charge is 2.34. The number of ether oxygens (including phenoxy) is 1. The van der Waals surface area contributed by atoms with Gasteiger partial charge in [-0.05, 0) is 55.3 Å². The van der Waals surface area contributed by atoms with Crippen LogP contribution in [0, 0.1) is 0 Å². The lowest BCUT2D eigenvalue weighted by atomic mass is 9.74. The molecular weight excluding hydrogens is 352 g/mol. The van der Waals surface area contributed by atoms with Crippen LogP contribution < -0.4 is 11.1 Å².